The van der Waals surface area contributed by atoms with Gasteiger partial charge in [0, 0.05) is 36.7 Å². The second kappa shape index (κ2) is 22.2. The maximum absolute atomic E-state index is 13.0. The highest BCUT2D eigenvalue weighted by molar-refractivity contribution is 7.44. The number of carbonyl (C=O) groups excluding carboxylic acids is 1. The van der Waals surface area contributed by atoms with E-state index in [9.17, 15) is 10.1 Å². The van der Waals surface area contributed by atoms with E-state index < -0.39 is 22.2 Å². The van der Waals surface area contributed by atoms with Crippen LogP contribution in [0.15, 0.2) is 122 Å². The lowest BCUT2D eigenvalue weighted by molar-refractivity contribution is 0.0378. The van der Waals surface area contributed by atoms with Gasteiger partial charge in [0.15, 0.2) is 17.0 Å². The Labute approximate surface area is 373 Å². The molecule has 0 aliphatic carbocycles. The van der Waals surface area contributed by atoms with Crippen LogP contribution in [0, 0.1) is 11.3 Å². The minimum Gasteiger partial charge on any atom is -0.497 e. The molecule has 0 spiro atoms. The molecule has 4 aromatic carbocycles. The number of amides is 1. The van der Waals surface area contributed by atoms with Crippen LogP contribution in [0.5, 0.6) is 11.5 Å². The lowest BCUT2D eigenvalue weighted by Gasteiger charge is -2.40. The third kappa shape index (κ3) is 11.5. The number of benzene rings is 4. The smallest absolute Gasteiger partial charge is 0.258 e. The molecule has 0 saturated heterocycles. The molecule has 1 amide bonds. The molecule has 0 aliphatic rings. The quantitative estimate of drug-likeness (QED) is 0.0284. The molecule has 0 radical (unpaired) electrons. The summed E-state index contributed by atoms with van der Waals surface area (Å²) in [4.78, 5) is 26.6. The lowest BCUT2D eigenvalue weighted by atomic mass is 9.80. The van der Waals surface area contributed by atoms with E-state index in [-0.39, 0.29) is 31.0 Å². The van der Waals surface area contributed by atoms with Crippen LogP contribution in [0.4, 0.5) is 5.82 Å². The van der Waals surface area contributed by atoms with Crippen molar-refractivity contribution < 1.29 is 28.1 Å². The van der Waals surface area contributed by atoms with Crippen molar-refractivity contribution in [2.45, 2.75) is 77.4 Å². The molecule has 0 fully saturated rings. The minimum absolute atomic E-state index is 0.150. The Balaban J connectivity index is 1.35. The molecule has 63 heavy (non-hydrogen) atoms. The van der Waals surface area contributed by atoms with Crippen LogP contribution < -0.4 is 14.8 Å². The zero-order valence-electron chi connectivity index (χ0n) is 37.2. The zero-order valence-corrected chi connectivity index (χ0v) is 39.1. The summed E-state index contributed by atoms with van der Waals surface area (Å²) in [7, 11) is -0.731. The molecule has 2 heterocycles. The summed E-state index contributed by atoms with van der Waals surface area (Å²) in [5, 5.41) is 12.3. The average Bonchev–Trinajstić information content (AvgIpc) is 3.73. The van der Waals surface area contributed by atoms with Gasteiger partial charge in [-0.2, -0.15) is 5.26 Å². The van der Waals surface area contributed by atoms with Crippen molar-refractivity contribution in [2.75, 3.05) is 38.6 Å². The summed E-state index contributed by atoms with van der Waals surface area (Å²) < 4.78 is 36.4. The molecule has 2 aromatic heterocycles. The van der Waals surface area contributed by atoms with Gasteiger partial charge in [0.25, 0.3) is 14.4 Å². The molecule has 330 valence electrons. The number of fused-ring (bicyclic) bond motifs is 1. The Bertz CT molecular complexity index is 2340. The number of nitrogens with one attached hydrogen (secondary N) is 1. The molecule has 0 saturated carbocycles. The number of methoxy groups -OCH3 is 2. The maximum Gasteiger partial charge on any atom is 0.258 e. The van der Waals surface area contributed by atoms with Gasteiger partial charge < -0.3 is 33.1 Å². The van der Waals surface area contributed by atoms with Crippen LogP contribution in [0.1, 0.15) is 67.6 Å². The Morgan fingerprint density at radius 2 is 1.40 bits per heavy atom. The van der Waals surface area contributed by atoms with Crippen molar-refractivity contribution in [3.63, 3.8) is 0 Å². The first-order valence-corrected chi connectivity index (χ1v) is 25.5. The van der Waals surface area contributed by atoms with Crippen LogP contribution in [0.3, 0.4) is 0 Å². The molecular weight excluding hydrogens is 830 g/mol. The van der Waals surface area contributed by atoms with Gasteiger partial charge in [-0.25, -0.2) is 19.6 Å². The average molecular weight is 888 g/mol. The number of nitrogens with zero attached hydrogens (tertiary/aromatic N) is 6. The second-order valence-corrected chi connectivity index (χ2v) is 22.3. The van der Waals surface area contributed by atoms with Crippen LogP contribution >= 0.6 is 8.53 Å². The lowest BCUT2D eigenvalue weighted by Crippen LogP contribution is -2.47. The van der Waals surface area contributed by atoms with Crippen molar-refractivity contribution in [3.05, 3.63) is 144 Å². The van der Waals surface area contributed by atoms with Gasteiger partial charge in [-0.1, -0.05) is 85.4 Å². The van der Waals surface area contributed by atoms with Crippen LogP contribution in [-0.4, -0.2) is 83.5 Å². The fourth-order valence-electron chi connectivity index (χ4n) is 7.65. The predicted molar refractivity (Wildman–Crippen MR) is 250 cm³/mol. The number of imidazole rings is 1. The number of aromatic nitrogens is 4. The van der Waals surface area contributed by atoms with Gasteiger partial charge in [-0.15, -0.1) is 0 Å². The maximum atomic E-state index is 13.0. The van der Waals surface area contributed by atoms with Gasteiger partial charge in [0.2, 0.25) is 0 Å². The van der Waals surface area contributed by atoms with Crippen LogP contribution in [0.2, 0.25) is 12.6 Å². The third-order valence-electron chi connectivity index (χ3n) is 10.8. The van der Waals surface area contributed by atoms with Gasteiger partial charge >= 0.3 is 0 Å². The topological polar surface area (TPSA) is 146 Å². The minimum atomic E-state index is -2.56. The number of hydrogen-bond acceptors (Lipinski definition) is 11. The highest BCUT2D eigenvalue weighted by Gasteiger charge is 2.42. The largest absolute Gasteiger partial charge is 0.497 e. The van der Waals surface area contributed by atoms with E-state index >= 15 is 0 Å². The molecule has 6 rings (SSSR count). The Morgan fingerprint density at radius 1 is 0.810 bits per heavy atom. The third-order valence-corrected chi connectivity index (χ3v) is 16.4. The van der Waals surface area contributed by atoms with E-state index in [1.54, 1.807) is 32.7 Å². The molecule has 0 aliphatic heterocycles. The van der Waals surface area contributed by atoms with Gasteiger partial charge in [-0.05, 0) is 87.2 Å². The molecule has 2 atom stereocenters. The first-order chi connectivity index (χ1) is 30.5. The predicted octanol–water partition coefficient (Wildman–Crippen LogP) is 9.94. The Kier molecular flexibility index (Phi) is 16.6. The van der Waals surface area contributed by atoms with Crippen molar-refractivity contribution >= 4 is 39.5 Å². The molecule has 1 N–H and O–H groups in total. The van der Waals surface area contributed by atoms with Gasteiger partial charge in [0.1, 0.15) is 31.5 Å². The van der Waals surface area contributed by atoms with E-state index in [0.29, 0.717) is 41.6 Å². The van der Waals surface area contributed by atoms with Crippen molar-refractivity contribution in [2.24, 2.45) is 0 Å². The first-order valence-electron chi connectivity index (χ1n) is 21.2. The van der Waals surface area contributed by atoms with E-state index in [2.05, 4.69) is 102 Å². The number of ether oxygens (including phenoxy) is 3. The zero-order chi connectivity index (χ0) is 44.8. The second-order valence-electron chi connectivity index (χ2n) is 16.2. The monoisotopic (exact) mass is 887 g/mol. The fraction of sp³-hybridized carbons (Fsp3) is 0.354. The van der Waals surface area contributed by atoms with Crippen molar-refractivity contribution in [3.8, 4) is 17.6 Å². The van der Waals surface area contributed by atoms with E-state index in [0.717, 1.165) is 40.7 Å². The SMILES string of the molecule is COc1ccc(C(OC[Si](C)(CCCn2cnc3c(NC(=O)c4ccccc4)ncnc32)COP(OCCC#N)N(C(C)C)C(C)C)(c2ccccc2)c2ccc(OC)cc2)cc1. The van der Waals surface area contributed by atoms with Crippen LogP contribution in [-0.2, 0) is 25.9 Å². The molecule has 2 unspecified atom stereocenters. The number of nitriles is 1. The highest BCUT2D eigenvalue weighted by Crippen LogP contribution is 2.47. The highest BCUT2D eigenvalue weighted by atomic mass is 31.2. The molecule has 6 aromatic rings. The standard InChI is InChI=1S/C48H58N7O6PSi/c1-36(2)55(37(3)4)62(60-30-14-28-49)61-35-63(7,31-15-29-54-33-52-44-45(50-32-51-46(44)54)53-47(56)38-16-10-8-11-17-38)34-59-48(39-18-12-9-13-19-39,40-20-24-42(57-5)25-21-40)41-22-26-43(58-6)27-23-41/h8-13,16-27,32-33,36-37H,14-15,29-31,34-35H2,1-7H3,(H,50,51,53,56). The molecule has 0 bridgehead atoms. The number of rotatable bonds is 23. The summed E-state index contributed by atoms with van der Waals surface area (Å²) in [6.07, 6.45) is 5.11. The Hall–Kier alpha value is -5.52. The molecular formula is C48H58N7O6PSi. The normalized spacial score (nSPS) is 13.2. The van der Waals surface area contributed by atoms with Crippen molar-refractivity contribution in [1.29, 1.82) is 5.26 Å². The number of hydrogen-bond donors (Lipinski definition) is 1. The van der Waals surface area contributed by atoms with Gasteiger partial charge in [-0.3, -0.25) is 4.79 Å². The van der Waals surface area contributed by atoms with Gasteiger partial charge in [0.05, 0.1) is 39.6 Å². The molecule has 15 heteroatoms. The fourth-order valence-corrected chi connectivity index (χ4v) is 12.6. The summed E-state index contributed by atoms with van der Waals surface area (Å²) in [5.74, 6) is 1.58. The Morgan fingerprint density at radius 3 is 1.97 bits per heavy atom. The van der Waals surface area contributed by atoms with Crippen LogP contribution in [0.25, 0.3) is 11.2 Å². The van der Waals surface area contributed by atoms with E-state index in [1.807, 2.05) is 65.2 Å². The van der Waals surface area contributed by atoms with E-state index in [1.165, 1.54) is 6.33 Å². The van der Waals surface area contributed by atoms with E-state index in [4.69, 9.17) is 23.3 Å². The summed E-state index contributed by atoms with van der Waals surface area (Å²) >= 11 is 0. The number of carbonyl (C=O) groups is 1. The number of anilines is 1. The molecule has 13 nitrogen and oxygen atoms in total. The summed E-state index contributed by atoms with van der Waals surface area (Å²) in [6.45, 7) is 11.8. The first kappa shape index (κ1) is 47.0. The van der Waals surface area contributed by atoms with Crippen molar-refractivity contribution in [1.82, 2.24) is 24.2 Å². The summed E-state index contributed by atoms with van der Waals surface area (Å²) in [6, 6.07) is 38.8. The summed E-state index contributed by atoms with van der Waals surface area (Å²) in [5.41, 5.74) is 3.53. The number of aryl methyl sites for hydroxylation is 1.